The smallest absolute Gasteiger partial charge is 0.338 e. The van der Waals surface area contributed by atoms with Gasteiger partial charge in [0.05, 0.1) is 29.2 Å². The summed E-state index contributed by atoms with van der Waals surface area (Å²) in [5.41, 5.74) is 7.54. The molecule has 0 fully saturated rings. The van der Waals surface area contributed by atoms with Gasteiger partial charge in [0, 0.05) is 17.5 Å². The highest BCUT2D eigenvalue weighted by atomic mass is 16.5. The van der Waals surface area contributed by atoms with Gasteiger partial charge in [0.25, 0.3) is 0 Å². The summed E-state index contributed by atoms with van der Waals surface area (Å²) in [6.07, 6.45) is 1.87. The number of hydrogen-bond acceptors (Lipinski definition) is 3. The average molecular weight is 471 g/mol. The lowest BCUT2D eigenvalue weighted by molar-refractivity contribution is 0.0526. The second-order valence-electron chi connectivity index (χ2n) is 8.27. The first kappa shape index (κ1) is 23.1. The van der Waals surface area contributed by atoms with E-state index in [1.165, 1.54) is 0 Å². The van der Waals surface area contributed by atoms with E-state index in [0.717, 1.165) is 33.8 Å². The molecule has 176 valence electrons. The van der Waals surface area contributed by atoms with Gasteiger partial charge in [0.1, 0.15) is 0 Å². The molecule has 4 nitrogen and oxygen atoms in total. The Bertz CT molecular complexity index is 1490. The maximum atomic E-state index is 12.2. The molecular formula is C32H26N2O2. The van der Waals surface area contributed by atoms with E-state index in [1.54, 1.807) is 19.1 Å². The van der Waals surface area contributed by atoms with Crippen LogP contribution in [0.2, 0.25) is 0 Å². The quantitative estimate of drug-likeness (QED) is 0.180. The number of esters is 1. The van der Waals surface area contributed by atoms with Crippen LogP contribution in [0.25, 0.3) is 28.2 Å². The van der Waals surface area contributed by atoms with Crippen LogP contribution in [0.15, 0.2) is 126 Å². The van der Waals surface area contributed by atoms with Crippen LogP contribution in [0.5, 0.6) is 0 Å². The van der Waals surface area contributed by atoms with E-state index in [0.29, 0.717) is 17.9 Å². The summed E-state index contributed by atoms with van der Waals surface area (Å²) in [7, 11) is 0. The Morgan fingerprint density at radius 1 is 0.778 bits per heavy atom. The Balaban J connectivity index is 1.68. The largest absolute Gasteiger partial charge is 0.462 e. The summed E-state index contributed by atoms with van der Waals surface area (Å²) in [6, 6.07) is 40.4. The van der Waals surface area contributed by atoms with Gasteiger partial charge in [-0.15, -0.1) is 0 Å². The third-order valence-electron chi connectivity index (χ3n) is 5.87. The maximum Gasteiger partial charge on any atom is 0.338 e. The summed E-state index contributed by atoms with van der Waals surface area (Å²) in [6.45, 7) is 2.13. The van der Waals surface area contributed by atoms with Gasteiger partial charge >= 0.3 is 5.97 Å². The highest BCUT2D eigenvalue weighted by Crippen LogP contribution is 2.35. The Morgan fingerprint density at radius 3 is 2.08 bits per heavy atom. The van der Waals surface area contributed by atoms with E-state index in [9.17, 15) is 4.79 Å². The Labute approximate surface area is 211 Å². The van der Waals surface area contributed by atoms with Gasteiger partial charge < -0.3 is 9.30 Å². The predicted octanol–water partition coefficient (Wildman–Crippen LogP) is 7.74. The van der Waals surface area contributed by atoms with Crippen LogP contribution >= 0.6 is 0 Å². The number of ether oxygens (including phenoxy) is 1. The number of benzene rings is 4. The Morgan fingerprint density at radius 2 is 1.42 bits per heavy atom. The van der Waals surface area contributed by atoms with Gasteiger partial charge in [0.2, 0.25) is 0 Å². The molecule has 0 amide bonds. The molecule has 0 atom stereocenters. The molecule has 0 saturated heterocycles. The van der Waals surface area contributed by atoms with Crippen molar-refractivity contribution in [2.75, 3.05) is 6.61 Å². The minimum atomic E-state index is -0.346. The van der Waals surface area contributed by atoms with Crippen LogP contribution in [0.4, 0.5) is 5.69 Å². The van der Waals surface area contributed by atoms with Crippen LogP contribution in [0.1, 0.15) is 22.8 Å². The molecule has 0 aliphatic heterocycles. The third-order valence-corrected chi connectivity index (χ3v) is 5.87. The third kappa shape index (κ3) is 4.89. The number of aliphatic imine (C=N–C) groups is 1. The normalized spacial score (nSPS) is 11.0. The van der Waals surface area contributed by atoms with Crippen LogP contribution in [-0.2, 0) is 4.74 Å². The van der Waals surface area contributed by atoms with Crippen molar-refractivity contribution in [2.24, 2.45) is 4.99 Å². The van der Waals surface area contributed by atoms with E-state index in [4.69, 9.17) is 9.73 Å². The fourth-order valence-corrected chi connectivity index (χ4v) is 4.26. The number of rotatable bonds is 7. The maximum absolute atomic E-state index is 12.2. The molecule has 0 radical (unpaired) electrons. The molecule has 4 heteroatoms. The molecule has 0 aliphatic carbocycles. The topological polar surface area (TPSA) is 43.6 Å². The van der Waals surface area contributed by atoms with Gasteiger partial charge in [-0.05, 0) is 54.4 Å². The lowest BCUT2D eigenvalue weighted by Gasteiger charge is -2.15. The lowest BCUT2D eigenvalue weighted by Crippen LogP contribution is -2.03. The van der Waals surface area contributed by atoms with Crippen molar-refractivity contribution < 1.29 is 9.53 Å². The molecule has 0 spiro atoms. The van der Waals surface area contributed by atoms with Gasteiger partial charge in [-0.1, -0.05) is 84.9 Å². The minimum Gasteiger partial charge on any atom is -0.462 e. The number of aromatic nitrogens is 1. The molecule has 0 N–H and O–H groups in total. The zero-order valence-electron chi connectivity index (χ0n) is 20.0. The fraction of sp³-hybridized carbons (Fsp3) is 0.0625. The zero-order chi connectivity index (χ0) is 24.7. The van der Waals surface area contributed by atoms with Crippen LogP contribution < -0.4 is 0 Å². The molecule has 0 unspecified atom stereocenters. The summed E-state index contributed by atoms with van der Waals surface area (Å²) >= 11 is 0. The average Bonchev–Trinajstić information content (AvgIpc) is 3.33. The molecule has 1 aromatic heterocycles. The van der Waals surface area contributed by atoms with Crippen LogP contribution in [0, 0.1) is 0 Å². The predicted molar refractivity (Wildman–Crippen MR) is 146 cm³/mol. The Hall–Kier alpha value is -4.70. The number of carbonyl (C=O) groups is 1. The Kier molecular flexibility index (Phi) is 6.86. The highest BCUT2D eigenvalue weighted by Gasteiger charge is 2.18. The minimum absolute atomic E-state index is 0.335. The number of nitrogens with zero attached hydrogens (tertiary/aromatic N) is 2. The molecule has 0 saturated carbocycles. The van der Waals surface area contributed by atoms with E-state index in [-0.39, 0.29) is 5.97 Å². The molecule has 5 aromatic rings. The van der Waals surface area contributed by atoms with E-state index >= 15 is 0 Å². The van der Waals surface area contributed by atoms with Crippen LogP contribution in [-0.4, -0.2) is 23.4 Å². The van der Waals surface area contributed by atoms with Crippen molar-refractivity contribution in [1.82, 2.24) is 4.57 Å². The van der Waals surface area contributed by atoms with Crippen molar-refractivity contribution in [1.29, 1.82) is 0 Å². The van der Waals surface area contributed by atoms with Crippen molar-refractivity contribution in [3.63, 3.8) is 0 Å². The van der Waals surface area contributed by atoms with Crippen molar-refractivity contribution in [3.05, 3.63) is 132 Å². The number of para-hydroxylation sites is 1. The molecule has 36 heavy (non-hydrogen) atoms. The van der Waals surface area contributed by atoms with Crippen molar-refractivity contribution in [3.8, 4) is 28.2 Å². The van der Waals surface area contributed by atoms with Gasteiger partial charge in [0.15, 0.2) is 0 Å². The summed E-state index contributed by atoms with van der Waals surface area (Å²) in [5.74, 6) is -0.346. The van der Waals surface area contributed by atoms with Crippen LogP contribution in [0.3, 0.4) is 0 Å². The molecule has 4 aromatic carbocycles. The monoisotopic (exact) mass is 470 g/mol. The SMILES string of the molecule is CCOC(=O)c1cccc(N=Cc2cc(-c3ccccc3)n(-c3ccccc3)c2-c2ccccc2)c1. The molecule has 0 bridgehead atoms. The molecule has 5 rings (SSSR count). The summed E-state index contributed by atoms with van der Waals surface area (Å²) in [4.78, 5) is 17.0. The zero-order valence-corrected chi connectivity index (χ0v) is 20.0. The number of hydrogen-bond donors (Lipinski definition) is 0. The van der Waals surface area contributed by atoms with Gasteiger partial charge in [-0.2, -0.15) is 0 Å². The van der Waals surface area contributed by atoms with Crippen molar-refractivity contribution in [2.45, 2.75) is 6.92 Å². The first-order valence-electron chi connectivity index (χ1n) is 12.0. The van der Waals surface area contributed by atoms with Gasteiger partial charge in [-0.25, -0.2) is 4.79 Å². The molecular weight excluding hydrogens is 444 g/mol. The van der Waals surface area contributed by atoms with Gasteiger partial charge in [-0.3, -0.25) is 4.99 Å². The second-order valence-corrected chi connectivity index (χ2v) is 8.27. The van der Waals surface area contributed by atoms with Crippen molar-refractivity contribution >= 4 is 17.9 Å². The highest BCUT2D eigenvalue weighted by molar-refractivity contribution is 5.95. The number of carbonyl (C=O) groups excluding carboxylic acids is 1. The molecule has 0 aliphatic rings. The van der Waals surface area contributed by atoms with E-state index in [2.05, 4.69) is 59.2 Å². The second kappa shape index (κ2) is 10.7. The fourth-order valence-electron chi connectivity index (χ4n) is 4.26. The molecule has 1 heterocycles. The standard InChI is InChI=1S/C32H26N2O2/c1-2-36-32(35)26-17-12-18-28(21-26)33-23-27-22-30(24-13-6-3-7-14-24)34(29-19-10-5-11-20-29)31(27)25-15-8-4-9-16-25/h3-23H,2H2,1H3. The summed E-state index contributed by atoms with van der Waals surface area (Å²) < 4.78 is 7.42. The summed E-state index contributed by atoms with van der Waals surface area (Å²) in [5, 5.41) is 0. The first-order chi connectivity index (χ1) is 17.7. The van der Waals surface area contributed by atoms with E-state index in [1.807, 2.05) is 60.8 Å². The van der Waals surface area contributed by atoms with E-state index < -0.39 is 0 Å². The first-order valence-corrected chi connectivity index (χ1v) is 12.0. The lowest BCUT2D eigenvalue weighted by atomic mass is 10.1.